The molecule has 3 aromatic rings. The molecule has 1 heterocycles. The van der Waals surface area contributed by atoms with Gasteiger partial charge in [0.1, 0.15) is 0 Å². The predicted molar refractivity (Wildman–Crippen MR) is 101 cm³/mol. The van der Waals surface area contributed by atoms with Crippen molar-refractivity contribution in [2.75, 3.05) is 7.05 Å². The van der Waals surface area contributed by atoms with Crippen LogP contribution in [-0.2, 0) is 25.4 Å². The molecule has 0 bridgehead atoms. The first-order valence-corrected chi connectivity index (χ1v) is 9.03. The van der Waals surface area contributed by atoms with Crippen LogP contribution in [0.25, 0.3) is 12.2 Å². The zero-order valence-electron chi connectivity index (χ0n) is 16.2. The van der Waals surface area contributed by atoms with Gasteiger partial charge in [-0.1, -0.05) is 41.6 Å². The van der Waals surface area contributed by atoms with Crippen LogP contribution in [0.5, 0.6) is 0 Å². The average molecular weight is 441 g/mol. The van der Waals surface area contributed by atoms with Crippen molar-refractivity contribution in [2.45, 2.75) is 25.4 Å². The summed E-state index contributed by atoms with van der Waals surface area (Å²) in [6.45, 7) is 0.941. The van der Waals surface area contributed by atoms with Crippen molar-refractivity contribution in [3.8, 4) is 0 Å². The highest BCUT2D eigenvalue weighted by Crippen LogP contribution is 2.36. The third-order valence-electron chi connectivity index (χ3n) is 4.22. The molecule has 0 aliphatic rings. The van der Waals surface area contributed by atoms with Gasteiger partial charge >= 0.3 is 12.4 Å². The maximum Gasteiger partial charge on any atom is 0.416 e. The van der Waals surface area contributed by atoms with E-state index in [1.54, 1.807) is 0 Å². The van der Waals surface area contributed by atoms with Crippen molar-refractivity contribution in [2.24, 2.45) is 0 Å². The monoisotopic (exact) mass is 441 g/mol. The van der Waals surface area contributed by atoms with Crippen molar-refractivity contribution in [1.29, 1.82) is 0 Å². The molecule has 0 unspecified atom stereocenters. The maximum atomic E-state index is 12.9. The standard InChI is InChI=1S/C21H17F6N3O/c1-30(12-14-5-3-2-4-6-14)13-19-28-18(29-31-19)8-7-15-9-16(20(22,23)24)11-17(10-15)21(25,26)27/h2-11H,12-13H2,1H3/b8-7+. The molecular weight excluding hydrogens is 424 g/mol. The minimum atomic E-state index is -4.91. The van der Waals surface area contributed by atoms with Crippen LogP contribution < -0.4 is 0 Å². The SMILES string of the molecule is CN(Cc1ccccc1)Cc1nc(/C=C/c2cc(C(F)(F)F)cc(C(F)(F)F)c2)no1. The molecular formula is C21H17F6N3O. The van der Waals surface area contributed by atoms with E-state index in [1.807, 2.05) is 42.3 Å². The molecule has 2 aromatic carbocycles. The summed E-state index contributed by atoms with van der Waals surface area (Å²) in [6.07, 6.45) is -7.55. The lowest BCUT2D eigenvalue weighted by Gasteiger charge is -2.13. The Balaban J connectivity index is 1.73. The van der Waals surface area contributed by atoms with Crippen LogP contribution in [0.3, 0.4) is 0 Å². The molecule has 0 amide bonds. The van der Waals surface area contributed by atoms with Crippen molar-refractivity contribution in [1.82, 2.24) is 15.0 Å². The van der Waals surface area contributed by atoms with Gasteiger partial charge in [-0.2, -0.15) is 31.3 Å². The van der Waals surface area contributed by atoms with Crippen LogP contribution in [0, 0.1) is 0 Å². The minimum absolute atomic E-state index is 0.0362. The largest absolute Gasteiger partial charge is 0.416 e. The van der Waals surface area contributed by atoms with E-state index in [1.165, 1.54) is 6.08 Å². The summed E-state index contributed by atoms with van der Waals surface area (Å²) in [5.41, 5.74) is -1.99. The van der Waals surface area contributed by atoms with E-state index in [-0.39, 0.29) is 23.3 Å². The fourth-order valence-corrected chi connectivity index (χ4v) is 2.83. The van der Waals surface area contributed by atoms with E-state index >= 15 is 0 Å². The fraction of sp³-hybridized carbons (Fsp3) is 0.238. The average Bonchev–Trinajstić information content (AvgIpc) is 3.12. The van der Waals surface area contributed by atoms with E-state index in [9.17, 15) is 26.3 Å². The molecule has 0 aliphatic carbocycles. The second kappa shape index (κ2) is 8.93. The summed E-state index contributed by atoms with van der Waals surface area (Å²) in [5.74, 6) is 0.298. The second-order valence-corrected chi connectivity index (χ2v) is 6.88. The molecule has 4 nitrogen and oxygen atoms in total. The van der Waals surface area contributed by atoms with Crippen LogP contribution in [-0.4, -0.2) is 22.1 Å². The van der Waals surface area contributed by atoms with Crippen molar-refractivity contribution in [3.63, 3.8) is 0 Å². The number of hydrogen-bond donors (Lipinski definition) is 0. The van der Waals surface area contributed by atoms with Gasteiger partial charge in [0.25, 0.3) is 0 Å². The van der Waals surface area contributed by atoms with Crippen LogP contribution in [0.1, 0.15) is 34.0 Å². The van der Waals surface area contributed by atoms with Gasteiger partial charge in [0.05, 0.1) is 17.7 Å². The molecule has 10 heteroatoms. The Bertz CT molecular complexity index is 1010. The van der Waals surface area contributed by atoms with E-state index in [0.29, 0.717) is 25.2 Å². The van der Waals surface area contributed by atoms with Gasteiger partial charge in [-0.25, -0.2) is 0 Å². The lowest BCUT2D eigenvalue weighted by atomic mass is 10.0. The van der Waals surface area contributed by atoms with Crippen LogP contribution >= 0.6 is 0 Å². The number of alkyl halides is 6. The number of rotatable bonds is 6. The number of nitrogens with zero attached hydrogens (tertiary/aromatic N) is 3. The quantitative estimate of drug-likeness (QED) is 0.446. The molecule has 31 heavy (non-hydrogen) atoms. The fourth-order valence-electron chi connectivity index (χ4n) is 2.83. The van der Waals surface area contributed by atoms with Crippen LogP contribution in [0.15, 0.2) is 53.1 Å². The lowest BCUT2D eigenvalue weighted by molar-refractivity contribution is -0.143. The molecule has 0 fully saturated rings. The van der Waals surface area contributed by atoms with E-state index in [2.05, 4.69) is 10.1 Å². The maximum absolute atomic E-state index is 12.9. The summed E-state index contributed by atoms with van der Waals surface area (Å²) in [4.78, 5) is 6.01. The Morgan fingerprint density at radius 3 is 2.06 bits per heavy atom. The molecule has 0 atom stereocenters. The van der Waals surface area contributed by atoms with Crippen LogP contribution in [0.2, 0.25) is 0 Å². The van der Waals surface area contributed by atoms with Gasteiger partial charge in [0, 0.05) is 6.54 Å². The number of benzene rings is 2. The second-order valence-electron chi connectivity index (χ2n) is 6.88. The normalized spacial score (nSPS) is 12.8. The minimum Gasteiger partial charge on any atom is -0.338 e. The Labute approximate surface area is 173 Å². The van der Waals surface area contributed by atoms with E-state index < -0.39 is 23.5 Å². The molecule has 0 radical (unpaired) electrons. The van der Waals surface area contributed by atoms with E-state index in [0.717, 1.165) is 11.6 Å². The van der Waals surface area contributed by atoms with Gasteiger partial charge in [0.15, 0.2) is 5.82 Å². The first kappa shape index (κ1) is 22.5. The molecule has 3 rings (SSSR count). The summed E-state index contributed by atoms with van der Waals surface area (Å²) in [5, 5.41) is 3.69. The van der Waals surface area contributed by atoms with Gasteiger partial charge in [-0.05, 0) is 42.4 Å². The highest BCUT2D eigenvalue weighted by Gasteiger charge is 2.36. The number of aromatic nitrogens is 2. The van der Waals surface area contributed by atoms with E-state index in [4.69, 9.17) is 4.52 Å². The first-order chi connectivity index (χ1) is 14.5. The van der Waals surface area contributed by atoms with Crippen molar-refractivity contribution < 1.29 is 30.9 Å². The zero-order valence-corrected chi connectivity index (χ0v) is 16.2. The zero-order chi connectivity index (χ0) is 22.6. The van der Waals surface area contributed by atoms with Gasteiger partial charge in [-0.3, -0.25) is 4.90 Å². The third kappa shape index (κ3) is 6.42. The van der Waals surface area contributed by atoms with Crippen molar-refractivity contribution in [3.05, 3.63) is 82.5 Å². The summed E-state index contributed by atoms with van der Waals surface area (Å²) in [7, 11) is 1.84. The number of halogens is 6. The highest BCUT2D eigenvalue weighted by molar-refractivity contribution is 5.67. The van der Waals surface area contributed by atoms with Gasteiger partial charge in [-0.15, -0.1) is 0 Å². The highest BCUT2D eigenvalue weighted by atomic mass is 19.4. The first-order valence-electron chi connectivity index (χ1n) is 9.03. The molecule has 0 saturated heterocycles. The predicted octanol–water partition coefficient (Wildman–Crippen LogP) is 5.91. The Morgan fingerprint density at radius 1 is 0.871 bits per heavy atom. The van der Waals surface area contributed by atoms with Gasteiger partial charge in [0.2, 0.25) is 5.89 Å². The van der Waals surface area contributed by atoms with Gasteiger partial charge < -0.3 is 4.52 Å². The number of hydrogen-bond acceptors (Lipinski definition) is 4. The summed E-state index contributed by atoms with van der Waals surface area (Å²) < 4.78 is 82.8. The van der Waals surface area contributed by atoms with Crippen molar-refractivity contribution >= 4 is 12.2 Å². The topological polar surface area (TPSA) is 42.2 Å². The molecule has 0 N–H and O–H groups in total. The Morgan fingerprint density at radius 2 is 1.48 bits per heavy atom. The molecule has 0 spiro atoms. The Hall–Kier alpha value is -3.14. The molecule has 0 saturated carbocycles. The van der Waals surface area contributed by atoms with Crippen LogP contribution in [0.4, 0.5) is 26.3 Å². The molecule has 0 aliphatic heterocycles. The smallest absolute Gasteiger partial charge is 0.338 e. The molecule has 164 valence electrons. The molecule has 1 aromatic heterocycles. The Kier molecular flexibility index (Phi) is 6.49. The lowest BCUT2D eigenvalue weighted by Crippen LogP contribution is -2.17. The summed E-state index contributed by atoms with van der Waals surface area (Å²) in [6, 6.07) is 11.0. The summed E-state index contributed by atoms with van der Waals surface area (Å²) >= 11 is 0. The third-order valence-corrected chi connectivity index (χ3v) is 4.22.